The molecule has 0 fully saturated rings. The molecule has 0 saturated carbocycles. The van der Waals surface area contributed by atoms with Crippen LogP contribution in [0.2, 0.25) is 0 Å². The molecule has 5 nitrogen and oxygen atoms in total. The molecule has 284 valence electrons. The summed E-state index contributed by atoms with van der Waals surface area (Å²) in [6.07, 6.45) is 8.57. The average molecular weight is 788 g/mol. The van der Waals surface area contributed by atoms with Crippen LogP contribution in [-0.2, 0) is 0 Å². The van der Waals surface area contributed by atoms with Gasteiger partial charge in [-0.15, -0.1) is 11.3 Å². The Balaban J connectivity index is 1.18. The third-order valence-corrected chi connectivity index (χ3v) is 12.1. The normalized spacial score (nSPS) is 11.9. The van der Waals surface area contributed by atoms with Crippen LogP contribution in [0.1, 0.15) is 28.3 Å². The number of rotatable bonds is 6. The van der Waals surface area contributed by atoms with Crippen molar-refractivity contribution in [2.24, 2.45) is 0 Å². The maximum atomic E-state index is 5.46. The number of aryl methyl sites for hydroxylation is 1. The van der Waals surface area contributed by atoms with Crippen molar-refractivity contribution in [3.8, 4) is 66.3 Å². The van der Waals surface area contributed by atoms with E-state index in [1.54, 1.807) is 11.3 Å². The van der Waals surface area contributed by atoms with Gasteiger partial charge in [-0.25, -0.2) is 15.0 Å². The molecular formula is C54H37N5S. The highest BCUT2D eigenvalue weighted by Crippen LogP contribution is 2.39. The number of benzene rings is 5. The van der Waals surface area contributed by atoms with Crippen LogP contribution in [0.15, 0.2) is 169 Å². The van der Waals surface area contributed by atoms with Crippen molar-refractivity contribution in [2.75, 3.05) is 0 Å². The Morgan fingerprint density at radius 2 is 0.700 bits per heavy atom. The highest BCUT2D eigenvalue weighted by atomic mass is 32.1. The zero-order valence-electron chi connectivity index (χ0n) is 32.7. The van der Waals surface area contributed by atoms with Gasteiger partial charge in [0.15, 0.2) is 0 Å². The van der Waals surface area contributed by atoms with E-state index in [0.29, 0.717) is 0 Å². The van der Waals surface area contributed by atoms with E-state index < -0.39 is 0 Å². The van der Waals surface area contributed by atoms with Crippen LogP contribution in [-0.4, -0.2) is 24.9 Å². The predicted molar refractivity (Wildman–Crippen MR) is 252 cm³/mol. The molecule has 6 heterocycles. The first kappa shape index (κ1) is 35.5. The molecule has 0 amide bonds. The Labute approximate surface area is 351 Å². The van der Waals surface area contributed by atoms with E-state index in [2.05, 4.69) is 210 Å². The minimum Gasteiger partial charge on any atom is -0.354 e. The van der Waals surface area contributed by atoms with Gasteiger partial charge in [-0.1, -0.05) is 145 Å². The van der Waals surface area contributed by atoms with Crippen molar-refractivity contribution in [1.82, 2.24) is 24.9 Å². The topological polar surface area (TPSA) is 70.2 Å². The molecule has 11 rings (SSSR count). The highest BCUT2D eigenvalue weighted by Gasteiger charge is 2.19. The van der Waals surface area contributed by atoms with Crippen LogP contribution in [0.5, 0.6) is 0 Å². The van der Waals surface area contributed by atoms with Crippen LogP contribution >= 0.6 is 11.3 Å². The van der Waals surface area contributed by atoms with Gasteiger partial charge in [-0.3, -0.25) is 0 Å². The fourth-order valence-corrected chi connectivity index (χ4v) is 9.11. The zero-order valence-corrected chi connectivity index (χ0v) is 33.5. The van der Waals surface area contributed by atoms with E-state index >= 15 is 0 Å². The Hall–Kier alpha value is -7.67. The number of aromatic amines is 2. The predicted octanol–water partition coefficient (Wildman–Crippen LogP) is 14.4. The highest BCUT2D eigenvalue weighted by molar-refractivity contribution is 7.13. The molecule has 0 radical (unpaired) electrons. The minimum absolute atomic E-state index is 0.876. The Morgan fingerprint density at radius 1 is 0.350 bits per heavy atom. The number of H-pyrrole nitrogens is 2. The van der Waals surface area contributed by atoms with E-state index in [0.717, 1.165) is 111 Å². The molecule has 60 heavy (non-hydrogen) atoms. The number of hydrogen-bond acceptors (Lipinski definition) is 4. The van der Waals surface area contributed by atoms with Gasteiger partial charge in [-0.05, 0) is 77.7 Å². The molecule has 2 aliphatic rings. The van der Waals surface area contributed by atoms with E-state index in [4.69, 9.17) is 15.0 Å². The van der Waals surface area contributed by atoms with Gasteiger partial charge in [0.25, 0.3) is 0 Å². The second-order valence-corrected chi connectivity index (χ2v) is 15.9. The fraction of sp³-hybridized carbons (Fsp3) is 0.0185. The van der Waals surface area contributed by atoms with Crippen LogP contribution in [0, 0.1) is 6.92 Å². The average Bonchev–Trinajstić information content (AvgIpc) is 4.16. The molecule has 5 aromatic carbocycles. The van der Waals surface area contributed by atoms with E-state index in [9.17, 15) is 0 Å². The summed E-state index contributed by atoms with van der Waals surface area (Å²) >= 11 is 1.67. The van der Waals surface area contributed by atoms with Gasteiger partial charge >= 0.3 is 0 Å². The summed E-state index contributed by atoms with van der Waals surface area (Å²) in [4.78, 5) is 23.6. The number of fused-ring (bicyclic) bond motifs is 8. The zero-order chi connectivity index (χ0) is 40.0. The van der Waals surface area contributed by atoms with Crippen LogP contribution in [0.4, 0.5) is 0 Å². The van der Waals surface area contributed by atoms with Gasteiger partial charge in [0.05, 0.1) is 28.5 Å². The molecule has 0 spiro atoms. The Bertz CT molecular complexity index is 3240. The molecule has 0 unspecified atom stereocenters. The van der Waals surface area contributed by atoms with Crippen molar-refractivity contribution in [2.45, 2.75) is 6.92 Å². The summed E-state index contributed by atoms with van der Waals surface area (Å²) in [5.74, 6) is 0. The molecule has 8 bridgehead atoms. The maximum absolute atomic E-state index is 5.46. The number of nitrogens with one attached hydrogen (secondary N) is 2. The molecule has 0 saturated heterocycles. The monoisotopic (exact) mass is 787 g/mol. The third-order valence-electron chi connectivity index (χ3n) is 11.2. The van der Waals surface area contributed by atoms with Crippen molar-refractivity contribution in [1.29, 1.82) is 0 Å². The van der Waals surface area contributed by atoms with Crippen molar-refractivity contribution < 1.29 is 0 Å². The standard InChI is InChI=1S/C54H37N5S/c1-34-17-19-35(20-18-34)49-33-60-54(59-49)40-23-21-39(22-24-40)53-47-31-29-45(57-47)51(37-13-7-3-8-14-37)43-27-25-41(55-43)50(36-11-5-2-6-12-36)42-26-28-44(56-42)52(38-15-9-4-10-16-38)46-30-32-48(53)58-46/h2-33,55,58H,1H3. The lowest BCUT2D eigenvalue weighted by Crippen LogP contribution is -1.89. The summed E-state index contributed by atoms with van der Waals surface area (Å²) in [5.41, 5.74) is 20.3. The Kier molecular flexibility index (Phi) is 8.83. The van der Waals surface area contributed by atoms with E-state index in [1.807, 2.05) is 0 Å². The lowest BCUT2D eigenvalue weighted by atomic mass is 10.0. The largest absolute Gasteiger partial charge is 0.354 e. The molecular weight excluding hydrogens is 751 g/mol. The minimum atomic E-state index is 0.876. The number of thiazole rings is 1. The van der Waals surface area contributed by atoms with Crippen LogP contribution in [0.25, 0.3) is 113 Å². The molecule has 2 aliphatic heterocycles. The second-order valence-electron chi connectivity index (χ2n) is 15.1. The summed E-state index contributed by atoms with van der Waals surface area (Å²) < 4.78 is 0. The fourth-order valence-electron chi connectivity index (χ4n) is 8.28. The first-order chi connectivity index (χ1) is 29.6. The molecule has 4 aromatic heterocycles. The first-order valence-electron chi connectivity index (χ1n) is 20.1. The van der Waals surface area contributed by atoms with Crippen LogP contribution < -0.4 is 0 Å². The third kappa shape index (κ3) is 6.49. The second kappa shape index (κ2) is 14.9. The smallest absolute Gasteiger partial charge is 0.124 e. The van der Waals surface area contributed by atoms with Gasteiger partial charge in [0.2, 0.25) is 0 Å². The number of nitrogens with zero attached hydrogens (tertiary/aromatic N) is 3. The number of hydrogen-bond donors (Lipinski definition) is 2. The lowest BCUT2D eigenvalue weighted by molar-refractivity contribution is 1.31. The van der Waals surface area contributed by atoms with E-state index in [1.165, 1.54) is 5.56 Å². The lowest BCUT2D eigenvalue weighted by Gasteiger charge is -2.07. The maximum Gasteiger partial charge on any atom is 0.124 e. The molecule has 0 atom stereocenters. The van der Waals surface area contributed by atoms with Gasteiger partial charge < -0.3 is 9.97 Å². The summed E-state index contributed by atoms with van der Waals surface area (Å²) in [6, 6.07) is 57.5. The summed E-state index contributed by atoms with van der Waals surface area (Å²) in [6.45, 7) is 2.11. The number of aromatic nitrogens is 5. The van der Waals surface area contributed by atoms with Crippen molar-refractivity contribution in [3.05, 3.63) is 198 Å². The quantitative estimate of drug-likeness (QED) is 0.176. The van der Waals surface area contributed by atoms with Gasteiger partial charge in [0.1, 0.15) is 5.01 Å². The Morgan fingerprint density at radius 3 is 1.10 bits per heavy atom. The van der Waals surface area contributed by atoms with Crippen LogP contribution in [0.3, 0.4) is 0 Å². The van der Waals surface area contributed by atoms with Gasteiger partial charge in [0, 0.05) is 60.8 Å². The van der Waals surface area contributed by atoms with Gasteiger partial charge in [-0.2, -0.15) is 0 Å². The molecule has 6 heteroatoms. The van der Waals surface area contributed by atoms with E-state index in [-0.39, 0.29) is 0 Å². The first-order valence-corrected chi connectivity index (χ1v) is 21.0. The summed E-state index contributed by atoms with van der Waals surface area (Å²) in [7, 11) is 0. The van der Waals surface area contributed by atoms with Crippen molar-refractivity contribution in [3.63, 3.8) is 0 Å². The van der Waals surface area contributed by atoms with Crippen molar-refractivity contribution >= 4 is 57.7 Å². The molecule has 2 N–H and O–H groups in total. The summed E-state index contributed by atoms with van der Waals surface area (Å²) in [5, 5.41) is 3.12. The molecule has 0 aliphatic carbocycles. The SMILES string of the molecule is Cc1ccc(-c2csc(-c3ccc(-c4c5nc(c(-c6ccccc6)c6ccc([nH]6)c(-c6ccccc6)c6nc(c(-c7ccccc7)c7ccc4[nH]7)C=C6)C=C5)cc3)n2)cc1. The molecule has 9 aromatic rings.